The van der Waals surface area contributed by atoms with E-state index in [2.05, 4.69) is 13.8 Å². The second-order valence-electron chi connectivity index (χ2n) is 5.42. The summed E-state index contributed by atoms with van der Waals surface area (Å²) in [5, 5.41) is 0. The molecule has 1 heterocycles. The molecule has 19 heavy (non-hydrogen) atoms. The summed E-state index contributed by atoms with van der Waals surface area (Å²) in [4.78, 5) is 14.2. The molecule has 1 aromatic heterocycles. The molecule has 0 aromatic carbocycles. The fraction of sp³-hybridized carbons (Fsp3) is 0.688. The molecule has 1 aromatic rings. The van der Waals surface area contributed by atoms with E-state index in [1.54, 1.807) is 11.3 Å². The molecule has 2 unspecified atom stereocenters. The van der Waals surface area contributed by atoms with Crippen molar-refractivity contribution >= 4 is 17.1 Å². The SMILES string of the molecule is CCc1ccc(C(=O)COC2CCCC(CC)C2)s1. The fourth-order valence-electron chi connectivity index (χ4n) is 2.75. The molecule has 0 amide bonds. The summed E-state index contributed by atoms with van der Waals surface area (Å²) in [5.41, 5.74) is 0. The van der Waals surface area contributed by atoms with Crippen LogP contribution in [0.25, 0.3) is 0 Å². The lowest BCUT2D eigenvalue weighted by molar-refractivity contribution is 0.0158. The van der Waals surface area contributed by atoms with Gasteiger partial charge in [-0.2, -0.15) is 0 Å². The number of thiophene rings is 1. The van der Waals surface area contributed by atoms with Crippen LogP contribution in [-0.2, 0) is 11.2 Å². The van der Waals surface area contributed by atoms with Crippen molar-refractivity contribution < 1.29 is 9.53 Å². The highest BCUT2D eigenvalue weighted by molar-refractivity contribution is 7.14. The molecule has 3 heteroatoms. The first-order valence-corrected chi connectivity index (χ1v) is 8.28. The van der Waals surface area contributed by atoms with Crippen molar-refractivity contribution in [3.05, 3.63) is 21.9 Å². The highest BCUT2D eigenvalue weighted by Gasteiger charge is 2.22. The highest BCUT2D eigenvalue weighted by Crippen LogP contribution is 2.28. The van der Waals surface area contributed by atoms with Crippen LogP contribution in [0.2, 0.25) is 0 Å². The first kappa shape index (κ1) is 14.7. The minimum Gasteiger partial charge on any atom is -0.370 e. The Labute approximate surface area is 120 Å². The molecular weight excluding hydrogens is 256 g/mol. The van der Waals surface area contributed by atoms with Crippen molar-refractivity contribution in [1.82, 2.24) is 0 Å². The molecule has 0 bridgehead atoms. The predicted molar refractivity (Wildman–Crippen MR) is 80.0 cm³/mol. The number of hydrogen-bond acceptors (Lipinski definition) is 3. The lowest BCUT2D eigenvalue weighted by atomic mass is 9.85. The topological polar surface area (TPSA) is 26.3 Å². The van der Waals surface area contributed by atoms with E-state index < -0.39 is 0 Å². The van der Waals surface area contributed by atoms with E-state index in [0.29, 0.717) is 6.10 Å². The van der Waals surface area contributed by atoms with E-state index in [1.807, 2.05) is 12.1 Å². The maximum absolute atomic E-state index is 12.1. The molecule has 0 aliphatic heterocycles. The largest absolute Gasteiger partial charge is 0.370 e. The average molecular weight is 280 g/mol. The Bertz CT molecular complexity index is 411. The Hall–Kier alpha value is -0.670. The molecule has 0 spiro atoms. The van der Waals surface area contributed by atoms with Crippen molar-refractivity contribution in [3.8, 4) is 0 Å². The number of Topliss-reactive ketones (excluding diaryl/α,β-unsaturated/α-hetero) is 1. The Morgan fingerprint density at radius 3 is 2.89 bits per heavy atom. The molecule has 106 valence electrons. The maximum atomic E-state index is 12.1. The van der Waals surface area contributed by atoms with Crippen LogP contribution < -0.4 is 0 Å². The van der Waals surface area contributed by atoms with Gasteiger partial charge in [0.2, 0.25) is 0 Å². The van der Waals surface area contributed by atoms with Crippen LogP contribution in [0.3, 0.4) is 0 Å². The lowest BCUT2D eigenvalue weighted by Gasteiger charge is -2.28. The summed E-state index contributed by atoms with van der Waals surface area (Å²) in [6.45, 7) is 4.62. The number of ether oxygens (including phenoxy) is 1. The summed E-state index contributed by atoms with van der Waals surface area (Å²) in [5.74, 6) is 0.936. The van der Waals surface area contributed by atoms with Crippen LogP contribution in [0.4, 0.5) is 0 Å². The van der Waals surface area contributed by atoms with Gasteiger partial charge in [-0.05, 0) is 37.3 Å². The van der Waals surface area contributed by atoms with E-state index in [9.17, 15) is 4.79 Å². The van der Waals surface area contributed by atoms with Crippen molar-refractivity contribution in [2.45, 2.75) is 58.5 Å². The summed E-state index contributed by atoms with van der Waals surface area (Å²) >= 11 is 1.60. The Morgan fingerprint density at radius 2 is 2.21 bits per heavy atom. The van der Waals surface area contributed by atoms with Crippen LogP contribution in [0, 0.1) is 5.92 Å². The molecule has 2 atom stereocenters. The van der Waals surface area contributed by atoms with Crippen LogP contribution in [0.15, 0.2) is 12.1 Å². The van der Waals surface area contributed by atoms with Crippen molar-refractivity contribution in [2.24, 2.45) is 5.92 Å². The van der Waals surface area contributed by atoms with E-state index >= 15 is 0 Å². The maximum Gasteiger partial charge on any atom is 0.198 e. The molecule has 1 saturated carbocycles. The Morgan fingerprint density at radius 1 is 1.37 bits per heavy atom. The Balaban J connectivity index is 1.79. The molecule has 1 aliphatic rings. The highest BCUT2D eigenvalue weighted by atomic mass is 32.1. The number of carbonyl (C=O) groups excluding carboxylic acids is 1. The van der Waals surface area contributed by atoms with Gasteiger partial charge >= 0.3 is 0 Å². The monoisotopic (exact) mass is 280 g/mol. The molecule has 2 nitrogen and oxygen atoms in total. The van der Waals surface area contributed by atoms with Crippen LogP contribution in [-0.4, -0.2) is 18.5 Å². The third-order valence-corrected chi connectivity index (χ3v) is 5.32. The second-order valence-corrected chi connectivity index (χ2v) is 6.58. The number of rotatable bonds is 6. The summed E-state index contributed by atoms with van der Waals surface area (Å²) in [7, 11) is 0. The van der Waals surface area contributed by atoms with Gasteiger partial charge in [0, 0.05) is 4.88 Å². The standard InChI is InChI=1S/C16H24O2S/c1-3-12-6-5-7-13(10-12)18-11-15(17)16-9-8-14(4-2)19-16/h8-9,12-13H,3-7,10-11H2,1-2H3. The zero-order valence-electron chi connectivity index (χ0n) is 12.0. The fourth-order valence-corrected chi connectivity index (χ4v) is 3.62. The molecule has 1 fully saturated rings. The van der Waals surface area contributed by atoms with Crippen LogP contribution in [0.5, 0.6) is 0 Å². The summed E-state index contributed by atoms with van der Waals surface area (Å²) in [6.07, 6.45) is 7.36. The van der Waals surface area contributed by atoms with Gasteiger partial charge in [-0.25, -0.2) is 0 Å². The number of carbonyl (C=O) groups is 1. The minimum absolute atomic E-state index is 0.142. The van der Waals surface area contributed by atoms with Crippen LogP contribution >= 0.6 is 11.3 Å². The lowest BCUT2D eigenvalue weighted by Crippen LogP contribution is -2.25. The van der Waals surface area contributed by atoms with Gasteiger partial charge in [0.05, 0.1) is 11.0 Å². The van der Waals surface area contributed by atoms with Crippen molar-refractivity contribution in [2.75, 3.05) is 6.61 Å². The second kappa shape index (κ2) is 7.20. The molecule has 2 rings (SSSR count). The normalized spacial score (nSPS) is 23.5. The zero-order chi connectivity index (χ0) is 13.7. The van der Waals surface area contributed by atoms with Gasteiger partial charge in [0.25, 0.3) is 0 Å². The van der Waals surface area contributed by atoms with E-state index in [-0.39, 0.29) is 12.4 Å². The van der Waals surface area contributed by atoms with Gasteiger partial charge in [0.1, 0.15) is 6.61 Å². The summed E-state index contributed by atoms with van der Waals surface area (Å²) in [6, 6.07) is 3.98. The molecule has 0 saturated heterocycles. The van der Waals surface area contributed by atoms with Gasteiger partial charge in [-0.1, -0.05) is 33.1 Å². The molecule has 0 radical (unpaired) electrons. The molecular formula is C16H24O2S. The van der Waals surface area contributed by atoms with Gasteiger partial charge in [0.15, 0.2) is 5.78 Å². The molecule has 0 N–H and O–H groups in total. The van der Waals surface area contributed by atoms with Crippen LogP contribution in [0.1, 0.15) is 60.5 Å². The predicted octanol–water partition coefficient (Wildman–Crippen LogP) is 4.48. The quantitative estimate of drug-likeness (QED) is 0.718. The van der Waals surface area contributed by atoms with Crippen molar-refractivity contribution in [3.63, 3.8) is 0 Å². The smallest absolute Gasteiger partial charge is 0.198 e. The van der Waals surface area contributed by atoms with Gasteiger partial charge < -0.3 is 4.74 Å². The molecule has 1 aliphatic carbocycles. The average Bonchev–Trinajstić information content (AvgIpc) is 2.94. The number of hydrogen-bond donors (Lipinski definition) is 0. The third kappa shape index (κ3) is 4.15. The van der Waals surface area contributed by atoms with Gasteiger partial charge in [-0.15, -0.1) is 11.3 Å². The van der Waals surface area contributed by atoms with Crippen molar-refractivity contribution in [1.29, 1.82) is 0 Å². The van der Waals surface area contributed by atoms with E-state index in [0.717, 1.165) is 30.1 Å². The Kier molecular flexibility index (Phi) is 5.59. The third-order valence-electron chi connectivity index (χ3n) is 4.05. The van der Waals surface area contributed by atoms with E-state index in [4.69, 9.17) is 4.74 Å². The number of ketones is 1. The summed E-state index contributed by atoms with van der Waals surface area (Å²) < 4.78 is 5.83. The first-order chi connectivity index (χ1) is 9.22. The minimum atomic E-state index is 0.142. The van der Waals surface area contributed by atoms with Gasteiger partial charge in [-0.3, -0.25) is 4.79 Å². The zero-order valence-corrected chi connectivity index (χ0v) is 12.8. The number of aryl methyl sites for hydroxylation is 1. The first-order valence-electron chi connectivity index (χ1n) is 7.46. The van der Waals surface area contributed by atoms with E-state index in [1.165, 1.54) is 24.1 Å².